The van der Waals surface area contributed by atoms with E-state index in [-0.39, 0.29) is 17.8 Å². The average Bonchev–Trinajstić information content (AvgIpc) is 2.53. The van der Waals surface area contributed by atoms with Crippen LogP contribution in [0.3, 0.4) is 0 Å². The summed E-state index contributed by atoms with van der Waals surface area (Å²) in [5.41, 5.74) is 1.34. The molecule has 2 rings (SSSR count). The Balaban J connectivity index is 2.20. The van der Waals surface area contributed by atoms with E-state index >= 15 is 0 Å². The molecular weight excluding hydrogens is 256 g/mol. The van der Waals surface area contributed by atoms with Crippen LogP contribution in [0.15, 0.2) is 18.3 Å². The van der Waals surface area contributed by atoms with Crippen LogP contribution in [0, 0.1) is 0 Å². The van der Waals surface area contributed by atoms with Gasteiger partial charge in [-0.15, -0.1) is 0 Å². The first kappa shape index (κ1) is 14.5. The molecule has 1 aromatic heterocycles. The Morgan fingerprint density at radius 2 is 2.20 bits per heavy atom. The predicted octanol–water partition coefficient (Wildman–Crippen LogP) is 2.21. The number of anilines is 1. The van der Waals surface area contributed by atoms with Gasteiger partial charge in [0.05, 0.1) is 19.0 Å². The molecule has 0 aromatic carbocycles. The zero-order valence-corrected chi connectivity index (χ0v) is 12.0. The molecule has 1 atom stereocenters. The molecule has 20 heavy (non-hydrogen) atoms. The Morgan fingerprint density at radius 3 is 2.80 bits per heavy atom. The molecule has 1 aliphatic rings. The van der Waals surface area contributed by atoms with Gasteiger partial charge in [-0.25, -0.2) is 4.79 Å². The van der Waals surface area contributed by atoms with E-state index in [2.05, 4.69) is 4.98 Å². The van der Waals surface area contributed by atoms with E-state index in [9.17, 15) is 9.59 Å². The van der Waals surface area contributed by atoms with Crippen molar-refractivity contribution >= 4 is 17.4 Å². The molecular formula is C15H20N2O3. The van der Waals surface area contributed by atoms with Gasteiger partial charge >= 0.3 is 5.97 Å². The van der Waals surface area contributed by atoms with Crippen LogP contribution in [0.25, 0.3) is 0 Å². The summed E-state index contributed by atoms with van der Waals surface area (Å²) in [5, 5.41) is 0. The second-order valence-corrected chi connectivity index (χ2v) is 4.91. The van der Waals surface area contributed by atoms with Crippen LogP contribution in [0.1, 0.15) is 43.1 Å². The van der Waals surface area contributed by atoms with Crippen molar-refractivity contribution in [2.45, 2.75) is 38.6 Å². The van der Waals surface area contributed by atoms with E-state index in [0.29, 0.717) is 12.1 Å². The number of carbonyl (C=O) groups excluding carboxylic acids is 2. The second-order valence-electron chi connectivity index (χ2n) is 4.91. The number of piperidine rings is 1. The third-order valence-electron chi connectivity index (χ3n) is 3.66. The Hall–Kier alpha value is -1.91. The molecule has 1 aromatic rings. The number of Topliss-reactive ketones (excluding diaryl/α,β-unsaturated/α-hetero) is 1. The molecule has 108 valence electrons. The van der Waals surface area contributed by atoms with Gasteiger partial charge in [-0.05, 0) is 31.4 Å². The van der Waals surface area contributed by atoms with E-state index in [1.54, 1.807) is 12.3 Å². The molecule has 5 nitrogen and oxygen atoms in total. The molecule has 1 aliphatic heterocycles. The molecule has 1 fully saturated rings. The summed E-state index contributed by atoms with van der Waals surface area (Å²) >= 11 is 0. The summed E-state index contributed by atoms with van der Waals surface area (Å²) in [5.74, 6) is -0.182. The largest absolute Gasteiger partial charge is 0.467 e. The Kier molecular flexibility index (Phi) is 4.71. The number of nitrogens with zero attached hydrogens (tertiary/aromatic N) is 2. The van der Waals surface area contributed by atoms with Crippen LogP contribution < -0.4 is 4.90 Å². The highest BCUT2D eigenvalue weighted by Gasteiger charge is 2.29. The van der Waals surface area contributed by atoms with E-state index in [0.717, 1.165) is 31.5 Å². The van der Waals surface area contributed by atoms with Crippen molar-refractivity contribution in [2.24, 2.45) is 0 Å². The van der Waals surface area contributed by atoms with Crippen LogP contribution in [0.2, 0.25) is 0 Å². The summed E-state index contributed by atoms with van der Waals surface area (Å²) in [6.45, 7) is 2.62. The highest BCUT2D eigenvalue weighted by Crippen LogP contribution is 2.25. The van der Waals surface area contributed by atoms with Crippen molar-refractivity contribution in [1.29, 1.82) is 0 Å². The first-order valence-electron chi connectivity index (χ1n) is 7.01. The third-order valence-corrected chi connectivity index (χ3v) is 3.66. The van der Waals surface area contributed by atoms with Crippen molar-refractivity contribution in [3.63, 3.8) is 0 Å². The third kappa shape index (κ3) is 2.98. The number of hydrogen-bond acceptors (Lipinski definition) is 5. The maximum Gasteiger partial charge on any atom is 0.328 e. The average molecular weight is 276 g/mol. The Morgan fingerprint density at radius 1 is 1.40 bits per heavy atom. The second kappa shape index (κ2) is 6.50. The number of carbonyl (C=O) groups is 2. The zero-order valence-electron chi connectivity index (χ0n) is 12.0. The predicted molar refractivity (Wildman–Crippen MR) is 75.9 cm³/mol. The topological polar surface area (TPSA) is 59.5 Å². The minimum absolute atomic E-state index is 0.0275. The van der Waals surface area contributed by atoms with Crippen LogP contribution in [0.5, 0.6) is 0 Å². The molecule has 5 heteroatoms. The quantitative estimate of drug-likeness (QED) is 0.623. The van der Waals surface area contributed by atoms with Gasteiger partial charge in [0.15, 0.2) is 5.78 Å². The lowest BCUT2D eigenvalue weighted by molar-refractivity contribution is -0.142. The van der Waals surface area contributed by atoms with Crippen LogP contribution >= 0.6 is 0 Å². The van der Waals surface area contributed by atoms with Gasteiger partial charge in [-0.3, -0.25) is 9.78 Å². The maximum atomic E-state index is 11.8. The zero-order chi connectivity index (χ0) is 14.5. The molecule has 0 saturated carbocycles. The van der Waals surface area contributed by atoms with Gasteiger partial charge in [0.25, 0.3) is 0 Å². The molecule has 0 aliphatic carbocycles. The number of hydrogen-bond donors (Lipinski definition) is 0. The number of pyridine rings is 1. The number of aromatic nitrogens is 1. The molecule has 1 saturated heterocycles. The number of rotatable bonds is 4. The van der Waals surface area contributed by atoms with Crippen LogP contribution in [-0.4, -0.2) is 36.4 Å². The summed E-state index contributed by atoms with van der Waals surface area (Å²) in [4.78, 5) is 29.6. The lowest BCUT2D eigenvalue weighted by Gasteiger charge is -2.35. The SMILES string of the molecule is CCC(=O)c1ccc(N2CCCCC2C(=O)OC)cn1. The Bertz CT molecular complexity index is 484. The highest BCUT2D eigenvalue weighted by atomic mass is 16.5. The van der Waals surface area contributed by atoms with Crippen molar-refractivity contribution in [2.75, 3.05) is 18.6 Å². The fourth-order valence-corrected chi connectivity index (χ4v) is 2.52. The van der Waals surface area contributed by atoms with Gasteiger partial charge in [-0.2, -0.15) is 0 Å². The van der Waals surface area contributed by atoms with Gasteiger partial charge in [0.2, 0.25) is 0 Å². The van der Waals surface area contributed by atoms with E-state index < -0.39 is 0 Å². The van der Waals surface area contributed by atoms with E-state index in [1.165, 1.54) is 7.11 Å². The summed E-state index contributed by atoms with van der Waals surface area (Å²) in [6.07, 6.45) is 4.98. The van der Waals surface area contributed by atoms with E-state index in [4.69, 9.17) is 4.74 Å². The van der Waals surface area contributed by atoms with Crippen LogP contribution in [-0.2, 0) is 9.53 Å². The number of ketones is 1. The molecule has 0 radical (unpaired) electrons. The minimum Gasteiger partial charge on any atom is -0.467 e. The lowest BCUT2D eigenvalue weighted by Crippen LogP contribution is -2.45. The summed E-state index contributed by atoms with van der Waals surface area (Å²) in [6, 6.07) is 3.34. The van der Waals surface area contributed by atoms with Gasteiger partial charge in [0.1, 0.15) is 11.7 Å². The minimum atomic E-state index is -0.247. The number of esters is 1. The molecule has 1 unspecified atom stereocenters. The number of ether oxygens (including phenoxy) is 1. The fraction of sp³-hybridized carbons (Fsp3) is 0.533. The van der Waals surface area contributed by atoms with Gasteiger partial charge in [0, 0.05) is 13.0 Å². The first-order valence-corrected chi connectivity index (χ1v) is 7.01. The molecule has 0 bridgehead atoms. The first-order chi connectivity index (χ1) is 9.67. The molecule has 2 heterocycles. The summed E-state index contributed by atoms with van der Waals surface area (Å²) in [7, 11) is 1.41. The molecule has 0 amide bonds. The van der Waals surface area contributed by atoms with E-state index in [1.807, 2.05) is 17.9 Å². The van der Waals surface area contributed by atoms with Crippen molar-refractivity contribution in [3.8, 4) is 0 Å². The smallest absolute Gasteiger partial charge is 0.328 e. The lowest BCUT2D eigenvalue weighted by atomic mass is 10.0. The fourth-order valence-electron chi connectivity index (χ4n) is 2.52. The summed E-state index contributed by atoms with van der Waals surface area (Å²) < 4.78 is 4.87. The van der Waals surface area contributed by atoms with Crippen molar-refractivity contribution in [1.82, 2.24) is 4.98 Å². The van der Waals surface area contributed by atoms with Gasteiger partial charge < -0.3 is 9.64 Å². The normalized spacial score (nSPS) is 18.7. The number of methoxy groups -OCH3 is 1. The van der Waals surface area contributed by atoms with Crippen molar-refractivity contribution in [3.05, 3.63) is 24.0 Å². The molecule has 0 N–H and O–H groups in total. The van der Waals surface area contributed by atoms with Crippen molar-refractivity contribution < 1.29 is 14.3 Å². The standard InChI is InChI=1S/C15H20N2O3/c1-3-14(18)12-8-7-11(10-16-12)17-9-5-4-6-13(17)15(19)20-2/h7-8,10,13H,3-6,9H2,1-2H3. The maximum absolute atomic E-state index is 11.8. The van der Waals surface area contributed by atoms with Gasteiger partial charge in [-0.1, -0.05) is 6.92 Å². The highest BCUT2D eigenvalue weighted by molar-refractivity contribution is 5.94. The Labute approximate surface area is 118 Å². The monoisotopic (exact) mass is 276 g/mol. The molecule has 0 spiro atoms. The van der Waals surface area contributed by atoms with Crippen LogP contribution in [0.4, 0.5) is 5.69 Å².